The molecular formula is C16H20FNO2. The number of nitrogens with zero attached hydrogens (tertiary/aromatic N) is 1. The molecular weight excluding hydrogens is 257 g/mol. The molecule has 0 amide bonds. The predicted octanol–water partition coefficient (Wildman–Crippen LogP) is 4.01. The van der Waals surface area contributed by atoms with Crippen molar-refractivity contribution in [2.75, 3.05) is 0 Å². The lowest BCUT2D eigenvalue weighted by Crippen LogP contribution is -2.26. The zero-order valence-electron chi connectivity index (χ0n) is 12.3. The Kier molecular flexibility index (Phi) is 3.59. The van der Waals surface area contributed by atoms with Gasteiger partial charge < -0.3 is 9.67 Å². The smallest absolute Gasteiger partial charge is 0.309 e. The Bertz CT molecular complexity index is 656. The maximum atomic E-state index is 14.1. The molecule has 0 radical (unpaired) electrons. The Morgan fingerprint density at radius 3 is 2.60 bits per heavy atom. The summed E-state index contributed by atoms with van der Waals surface area (Å²) in [5.74, 6) is -1.12. The van der Waals surface area contributed by atoms with Crippen molar-refractivity contribution >= 4 is 16.9 Å². The van der Waals surface area contributed by atoms with Gasteiger partial charge in [-0.05, 0) is 45.7 Å². The Morgan fingerprint density at radius 1 is 1.40 bits per heavy atom. The van der Waals surface area contributed by atoms with Crippen LogP contribution in [-0.4, -0.2) is 15.6 Å². The highest BCUT2D eigenvalue weighted by molar-refractivity contribution is 5.85. The van der Waals surface area contributed by atoms with Crippen LogP contribution in [0.15, 0.2) is 24.4 Å². The molecule has 0 bridgehead atoms. The summed E-state index contributed by atoms with van der Waals surface area (Å²) >= 11 is 0. The third-order valence-corrected chi connectivity index (χ3v) is 3.65. The highest BCUT2D eigenvalue weighted by Gasteiger charge is 2.29. The highest BCUT2D eigenvalue weighted by Crippen LogP contribution is 2.31. The van der Waals surface area contributed by atoms with Crippen molar-refractivity contribution in [2.24, 2.45) is 5.41 Å². The van der Waals surface area contributed by atoms with Crippen molar-refractivity contribution in [3.8, 4) is 0 Å². The number of rotatable bonds is 4. The van der Waals surface area contributed by atoms with E-state index in [-0.39, 0.29) is 11.9 Å². The molecule has 20 heavy (non-hydrogen) atoms. The molecule has 0 aliphatic rings. The van der Waals surface area contributed by atoms with E-state index in [1.807, 2.05) is 30.7 Å². The molecule has 0 spiro atoms. The summed E-state index contributed by atoms with van der Waals surface area (Å²) in [5.41, 5.74) is 0.557. The van der Waals surface area contributed by atoms with Crippen LogP contribution in [0, 0.1) is 11.2 Å². The lowest BCUT2D eigenvalue weighted by atomic mass is 9.86. The first-order valence-electron chi connectivity index (χ1n) is 6.75. The zero-order chi connectivity index (χ0) is 15.1. The van der Waals surface area contributed by atoms with Gasteiger partial charge in [0.25, 0.3) is 0 Å². The molecule has 0 saturated carbocycles. The van der Waals surface area contributed by atoms with Crippen LogP contribution in [0.5, 0.6) is 0 Å². The largest absolute Gasteiger partial charge is 0.481 e. The van der Waals surface area contributed by atoms with Crippen LogP contribution >= 0.6 is 0 Å². The molecule has 1 aromatic carbocycles. The molecule has 108 valence electrons. The third-order valence-electron chi connectivity index (χ3n) is 3.65. The van der Waals surface area contributed by atoms with Gasteiger partial charge in [0.05, 0.1) is 10.9 Å². The molecule has 0 saturated heterocycles. The van der Waals surface area contributed by atoms with Crippen LogP contribution in [0.2, 0.25) is 0 Å². The van der Waals surface area contributed by atoms with Crippen molar-refractivity contribution in [3.63, 3.8) is 0 Å². The fraction of sp³-hybridized carbons (Fsp3) is 0.438. The number of aliphatic carboxylic acids is 1. The lowest BCUT2D eigenvalue weighted by Gasteiger charge is -2.18. The van der Waals surface area contributed by atoms with Gasteiger partial charge in [0.1, 0.15) is 5.82 Å². The number of hydrogen-bond acceptors (Lipinski definition) is 1. The van der Waals surface area contributed by atoms with E-state index in [9.17, 15) is 14.3 Å². The number of fused-ring (bicyclic) bond motifs is 1. The van der Waals surface area contributed by atoms with Crippen LogP contribution < -0.4 is 0 Å². The number of aromatic nitrogens is 1. The standard InChI is InChI=1S/C16H20FNO2/c1-10(2)18-9-11(8-16(3,4)15(19)20)12-6-5-7-13(17)14(12)18/h5-7,9-10H,8H2,1-4H3,(H,19,20). The molecule has 4 heteroatoms. The summed E-state index contributed by atoms with van der Waals surface area (Å²) in [6, 6.07) is 5.08. The Balaban J connectivity index is 2.61. The summed E-state index contributed by atoms with van der Waals surface area (Å²) < 4.78 is 15.9. The molecule has 3 nitrogen and oxygen atoms in total. The minimum Gasteiger partial charge on any atom is -0.481 e. The van der Waals surface area contributed by atoms with Crippen LogP contribution in [0.4, 0.5) is 4.39 Å². The van der Waals surface area contributed by atoms with Crippen molar-refractivity contribution in [1.82, 2.24) is 4.57 Å². The lowest BCUT2D eigenvalue weighted by molar-refractivity contribution is -0.146. The zero-order valence-corrected chi connectivity index (χ0v) is 12.3. The van der Waals surface area contributed by atoms with Gasteiger partial charge in [-0.2, -0.15) is 0 Å². The van der Waals surface area contributed by atoms with Crippen molar-refractivity contribution in [3.05, 3.63) is 35.8 Å². The van der Waals surface area contributed by atoms with Gasteiger partial charge in [-0.15, -0.1) is 0 Å². The van der Waals surface area contributed by atoms with Crippen molar-refractivity contribution < 1.29 is 14.3 Å². The average Bonchev–Trinajstić information content (AvgIpc) is 2.69. The fourth-order valence-electron chi connectivity index (χ4n) is 2.44. The molecule has 1 heterocycles. The summed E-state index contributed by atoms with van der Waals surface area (Å²) in [6.45, 7) is 7.34. The number of para-hydroxylation sites is 1. The van der Waals surface area contributed by atoms with E-state index < -0.39 is 11.4 Å². The summed E-state index contributed by atoms with van der Waals surface area (Å²) in [6.07, 6.45) is 2.26. The van der Waals surface area contributed by atoms with Crippen molar-refractivity contribution in [1.29, 1.82) is 0 Å². The van der Waals surface area contributed by atoms with E-state index in [2.05, 4.69) is 0 Å². The molecule has 0 aliphatic heterocycles. The van der Waals surface area contributed by atoms with Crippen LogP contribution in [0.1, 0.15) is 39.3 Å². The van der Waals surface area contributed by atoms with Crippen LogP contribution in [-0.2, 0) is 11.2 Å². The summed E-state index contributed by atoms with van der Waals surface area (Å²) in [4.78, 5) is 11.3. The normalized spacial score (nSPS) is 12.3. The van der Waals surface area contributed by atoms with E-state index in [0.29, 0.717) is 11.9 Å². The number of carboxylic acid groups (broad SMARTS) is 1. The van der Waals surface area contributed by atoms with E-state index >= 15 is 0 Å². The number of hydrogen-bond donors (Lipinski definition) is 1. The number of benzene rings is 1. The second-order valence-electron chi connectivity index (χ2n) is 6.16. The van der Waals surface area contributed by atoms with E-state index in [1.54, 1.807) is 19.9 Å². The third kappa shape index (κ3) is 2.42. The first-order chi connectivity index (χ1) is 9.24. The topological polar surface area (TPSA) is 42.2 Å². The first-order valence-corrected chi connectivity index (χ1v) is 6.75. The first kappa shape index (κ1) is 14.6. The average molecular weight is 277 g/mol. The number of carbonyl (C=O) groups is 1. The SMILES string of the molecule is CC(C)n1cc(CC(C)(C)C(=O)O)c2cccc(F)c21. The van der Waals surface area contributed by atoms with Crippen LogP contribution in [0.3, 0.4) is 0 Å². The Morgan fingerprint density at radius 2 is 2.05 bits per heavy atom. The minimum absolute atomic E-state index is 0.121. The molecule has 2 rings (SSSR count). The monoisotopic (exact) mass is 277 g/mol. The summed E-state index contributed by atoms with van der Waals surface area (Å²) in [5, 5.41) is 10.1. The van der Waals surface area contributed by atoms with Gasteiger partial charge in [0.15, 0.2) is 0 Å². The fourth-order valence-corrected chi connectivity index (χ4v) is 2.44. The van der Waals surface area contributed by atoms with Crippen molar-refractivity contribution in [2.45, 2.75) is 40.2 Å². The van der Waals surface area contributed by atoms with Gasteiger partial charge in [-0.25, -0.2) is 4.39 Å². The van der Waals surface area contributed by atoms with Gasteiger partial charge in [-0.1, -0.05) is 12.1 Å². The molecule has 0 aliphatic carbocycles. The minimum atomic E-state index is -0.873. The van der Waals surface area contributed by atoms with E-state index in [0.717, 1.165) is 10.9 Å². The second kappa shape index (κ2) is 4.93. The van der Waals surface area contributed by atoms with Gasteiger partial charge in [-0.3, -0.25) is 4.79 Å². The maximum absolute atomic E-state index is 14.1. The quantitative estimate of drug-likeness (QED) is 0.917. The van der Waals surface area contributed by atoms with E-state index in [4.69, 9.17) is 0 Å². The summed E-state index contributed by atoms with van der Waals surface area (Å²) in [7, 11) is 0. The molecule has 1 N–H and O–H groups in total. The molecule has 1 aromatic heterocycles. The van der Waals surface area contributed by atoms with Gasteiger partial charge in [0.2, 0.25) is 0 Å². The molecule has 2 aromatic rings. The van der Waals surface area contributed by atoms with Gasteiger partial charge in [0, 0.05) is 17.6 Å². The molecule has 0 unspecified atom stereocenters. The van der Waals surface area contributed by atoms with Crippen LogP contribution in [0.25, 0.3) is 10.9 Å². The second-order valence-corrected chi connectivity index (χ2v) is 6.16. The maximum Gasteiger partial charge on any atom is 0.309 e. The van der Waals surface area contributed by atoms with E-state index in [1.165, 1.54) is 6.07 Å². The molecule has 0 atom stereocenters. The Hall–Kier alpha value is -1.84. The van der Waals surface area contributed by atoms with Gasteiger partial charge >= 0.3 is 5.97 Å². The number of halogens is 1. The Labute approximate surface area is 118 Å². The molecule has 0 fully saturated rings. The highest BCUT2D eigenvalue weighted by atomic mass is 19.1. The predicted molar refractivity (Wildman–Crippen MR) is 77.4 cm³/mol. The number of carboxylic acids is 1.